The highest BCUT2D eigenvalue weighted by Crippen LogP contribution is 2.31. The molecular weight excluding hydrogens is 420 g/mol. The molecule has 0 saturated heterocycles. The Morgan fingerprint density at radius 3 is 2.18 bits per heavy atom. The van der Waals surface area contributed by atoms with Crippen LogP contribution in [0.3, 0.4) is 0 Å². The molecule has 1 aliphatic rings. The first-order valence-electron chi connectivity index (χ1n) is 11.4. The molecule has 1 aliphatic heterocycles. The molecule has 4 aromatic carbocycles. The Kier molecular flexibility index (Phi) is 5.72. The van der Waals surface area contributed by atoms with E-state index >= 15 is 0 Å². The topological polar surface area (TPSA) is 49.4 Å². The summed E-state index contributed by atoms with van der Waals surface area (Å²) in [7, 11) is 0. The Balaban J connectivity index is 1.39. The van der Waals surface area contributed by atoms with Crippen LogP contribution in [-0.2, 0) is 13.0 Å². The fraction of sp³-hybridized carbons (Fsp3) is 0.133. The minimum Gasteiger partial charge on any atom is -0.322 e. The molecule has 2 amide bonds. The van der Waals surface area contributed by atoms with Gasteiger partial charge in [-0.15, -0.1) is 0 Å². The molecule has 4 nitrogen and oxygen atoms in total. The lowest BCUT2D eigenvalue weighted by atomic mass is 10.0. The molecule has 4 heteroatoms. The van der Waals surface area contributed by atoms with Crippen molar-refractivity contribution in [3.05, 3.63) is 130 Å². The number of amides is 2. The monoisotopic (exact) mass is 446 g/mol. The fourth-order valence-corrected chi connectivity index (χ4v) is 4.57. The lowest BCUT2D eigenvalue weighted by molar-refractivity contribution is 0.0984. The smallest absolute Gasteiger partial charge is 0.258 e. The summed E-state index contributed by atoms with van der Waals surface area (Å²) < 4.78 is 0. The highest BCUT2D eigenvalue weighted by Gasteiger charge is 2.24. The minimum absolute atomic E-state index is 0.0589. The second-order valence-electron chi connectivity index (χ2n) is 8.82. The molecule has 0 fully saturated rings. The zero-order valence-electron chi connectivity index (χ0n) is 19.3. The third-order valence-corrected chi connectivity index (χ3v) is 6.37. The molecule has 0 radical (unpaired) electrons. The number of nitrogens with one attached hydrogen (secondary N) is 1. The van der Waals surface area contributed by atoms with Crippen molar-refractivity contribution in [1.29, 1.82) is 0 Å². The van der Waals surface area contributed by atoms with Crippen LogP contribution in [0.1, 0.15) is 48.5 Å². The molecule has 0 aromatic heterocycles. The van der Waals surface area contributed by atoms with Crippen LogP contribution in [0.15, 0.2) is 91.0 Å². The van der Waals surface area contributed by atoms with Gasteiger partial charge in [-0.2, -0.15) is 0 Å². The predicted octanol–water partition coefficient (Wildman–Crippen LogP) is 6.31. The van der Waals surface area contributed by atoms with Crippen molar-refractivity contribution in [2.45, 2.75) is 26.8 Å². The quantitative estimate of drug-likeness (QED) is 0.401. The van der Waals surface area contributed by atoms with Crippen LogP contribution in [0.5, 0.6) is 0 Å². The zero-order chi connectivity index (χ0) is 23.7. The van der Waals surface area contributed by atoms with E-state index in [2.05, 4.69) is 23.5 Å². The molecule has 4 aromatic rings. The van der Waals surface area contributed by atoms with Gasteiger partial charge in [-0.3, -0.25) is 9.59 Å². The summed E-state index contributed by atoms with van der Waals surface area (Å²) in [5, 5.41) is 2.94. The number of rotatable bonds is 3. The Hall–Kier alpha value is -4.18. The van der Waals surface area contributed by atoms with E-state index in [4.69, 9.17) is 0 Å². The Bertz CT molecular complexity index is 1390. The largest absolute Gasteiger partial charge is 0.322 e. The van der Waals surface area contributed by atoms with Gasteiger partial charge in [-0.05, 0) is 78.9 Å². The minimum atomic E-state index is -0.158. The van der Waals surface area contributed by atoms with Crippen molar-refractivity contribution in [3.8, 4) is 0 Å². The van der Waals surface area contributed by atoms with Crippen molar-refractivity contribution in [3.63, 3.8) is 0 Å². The summed E-state index contributed by atoms with van der Waals surface area (Å²) in [6, 6.07) is 29.3. The third-order valence-electron chi connectivity index (χ3n) is 6.37. The summed E-state index contributed by atoms with van der Waals surface area (Å²) in [6.45, 7) is 4.46. The summed E-state index contributed by atoms with van der Waals surface area (Å²) in [5.41, 5.74) is 8.42. The van der Waals surface area contributed by atoms with Gasteiger partial charge in [-0.25, -0.2) is 0 Å². The van der Waals surface area contributed by atoms with Gasteiger partial charge in [0.2, 0.25) is 0 Å². The highest BCUT2D eigenvalue weighted by molar-refractivity contribution is 6.08. The second kappa shape index (κ2) is 8.99. The van der Waals surface area contributed by atoms with Crippen LogP contribution >= 0.6 is 0 Å². The van der Waals surface area contributed by atoms with E-state index in [0.29, 0.717) is 23.4 Å². The van der Waals surface area contributed by atoms with E-state index < -0.39 is 0 Å². The third kappa shape index (κ3) is 4.23. The molecule has 0 spiro atoms. The molecule has 0 atom stereocenters. The lowest BCUT2D eigenvalue weighted by Crippen LogP contribution is -2.30. The fourth-order valence-electron chi connectivity index (χ4n) is 4.57. The average molecular weight is 447 g/mol. The van der Waals surface area contributed by atoms with E-state index in [-0.39, 0.29) is 11.8 Å². The number of carbonyl (C=O) groups is 2. The van der Waals surface area contributed by atoms with E-state index in [1.165, 1.54) is 5.56 Å². The van der Waals surface area contributed by atoms with Crippen LogP contribution in [-0.4, -0.2) is 11.8 Å². The molecule has 0 saturated carbocycles. The second-order valence-corrected chi connectivity index (χ2v) is 8.82. The van der Waals surface area contributed by atoms with Crippen molar-refractivity contribution < 1.29 is 9.59 Å². The summed E-state index contributed by atoms with van der Waals surface area (Å²) in [4.78, 5) is 28.2. The first kappa shape index (κ1) is 21.7. The molecule has 1 heterocycles. The van der Waals surface area contributed by atoms with Crippen LogP contribution in [0.25, 0.3) is 0 Å². The van der Waals surface area contributed by atoms with E-state index in [1.807, 2.05) is 67.3 Å². The summed E-state index contributed by atoms with van der Waals surface area (Å²) in [6.07, 6.45) is 0.805. The van der Waals surface area contributed by atoms with E-state index in [1.54, 1.807) is 24.3 Å². The van der Waals surface area contributed by atoms with Gasteiger partial charge in [0.1, 0.15) is 0 Å². The molecule has 1 N–H and O–H groups in total. The maximum Gasteiger partial charge on any atom is 0.258 e. The summed E-state index contributed by atoms with van der Waals surface area (Å²) in [5.74, 6) is -0.217. The van der Waals surface area contributed by atoms with Crippen LogP contribution in [0, 0.1) is 13.8 Å². The molecule has 168 valence electrons. The number of hydrogen-bond acceptors (Lipinski definition) is 2. The maximum atomic E-state index is 13.6. The highest BCUT2D eigenvalue weighted by atomic mass is 16.2. The lowest BCUT2D eigenvalue weighted by Gasteiger charge is -2.23. The maximum absolute atomic E-state index is 13.6. The normalized spacial score (nSPS) is 12.4. The molecule has 0 aliphatic carbocycles. The molecule has 0 bridgehead atoms. The van der Waals surface area contributed by atoms with Crippen molar-refractivity contribution in [2.75, 3.05) is 10.2 Å². The van der Waals surface area contributed by atoms with Gasteiger partial charge in [0.05, 0.1) is 6.54 Å². The number of para-hydroxylation sites is 1. The Labute approximate surface area is 199 Å². The molecule has 0 unspecified atom stereocenters. The number of benzene rings is 4. The number of hydrogen-bond donors (Lipinski definition) is 1. The molecule has 34 heavy (non-hydrogen) atoms. The standard InChI is InChI=1S/C30H26N2O2/c1-20-11-16-27(21(2)17-20)29(33)31-26-14-12-22(13-15-26)30(34)32-19-25-9-4-3-7-23(25)18-24-8-5-6-10-28(24)32/h3-17H,18-19H2,1-2H3,(H,31,33). The van der Waals surface area contributed by atoms with Gasteiger partial charge < -0.3 is 10.2 Å². The molecule has 5 rings (SSSR count). The predicted molar refractivity (Wildman–Crippen MR) is 137 cm³/mol. The number of carbonyl (C=O) groups excluding carboxylic acids is 2. The van der Waals surface area contributed by atoms with E-state index in [9.17, 15) is 9.59 Å². The zero-order valence-corrected chi connectivity index (χ0v) is 19.3. The van der Waals surface area contributed by atoms with Gasteiger partial charge in [0, 0.05) is 22.5 Å². The van der Waals surface area contributed by atoms with Crippen LogP contribution in [0.2, 0.25) is 0 Å². The SMILES string of the molecule is Cc1ccc(C(=O)Nc2ccc(C(=O)N3Cc4ccccc4Cc4ccccc43)cc2)c(C)c1. The number of anilines is 2. The number of aryl methyl sites for hydroxylation is 2. The van der Waals surface area contributed by atoms with Gasteiger partial charge in [-0.1, -0.05) is 60.2 Å². The first-order chi connectivity index (χ1) is 16.5. The van der Waals surface area contributed by atoms with Crippen molar-refractivity contribution in [1.82, 2.24) is 0 Å². The molecular formula is C30H26N2O2. The van der Waals surface area contributed by atoms with Gasteiger partial charge in [0.15, 0.2) is 0 Å². The van der Waals surface area contributed by atoms with Crippen LogP contribution < -0.4 is 10.2 Å². The Morgan fingerprint density at radius 1 is 0.765 bits per heavy atom. The summed E-state index contributed by atoms with van der Waals surface area (Å²) >= 11 is 0. The number of nitrogens with zero attached hydrogens (tertiary/aromatic N) is 1. The van der Waals surface area contributed by atoms with Crippen molar-refractivity contribution in [2.24, 2.45) is 0 Å². The van der Waals surface area contributed by atoms with Gasteiger partial charge in [0.25, 0.3) is 11.8 Å². The van der Waals surface area contributed by atoms with Crippen LogP contribution in [0.4, 0.5) is 11.4 Å². The number of fused-ring (bicyclic) bond motifs is 2. The van der Waals surface area contributed by atoms with Gasteiger partial charge >= 0.3 is 0 Å². The van der Waals surface area contributed by atoms with Crippen molar-refractivity contribution >= 4 is 23.2 Å². The van der Waals surface area contributed by atoms with E-state index in [0.717, 1.165) is 34.4 Å². The Morgan fingerprint density at radius 2 is 1.44 bits per heavy atom. The first-order valence-corrected chi connectivity index (χ1v) is 11.4. The average Bonchev–Trinajstić information content (AvgIpc) is 3.01.